The molecule has 1 fully saturated rings. The van der Waals surface area contributed by atoms with E-state index in [9.17, 15) is 18.0 Å². The summed E-state index contributed by atoms with van der Waals surface area (Å²) < 4.78 is 39.8. The summed E-state index contributed by atoms with van der Waals surface area (Å²) in [4.78, 5) is 13.9. The van der Waals surface area contributed by atoms with Gasteiger partial charge < -0.3 is 15.5 Å². The maximum atomic E-state index is 13.0. The maximum Gasteiger partial charge on any atom is 0.454 e. The fourth-order valence-corrected chi connectivity index (χ4v) is 3.44. The smallest absolute Gasteiger partial charge is 0.380 e. The Morgan fingerprint density at radius 3 is 2.50 bits per heavy atom. The Morgan fingerprint density at radius 1 is 1.14 bits per heavy atom. The monoisotopic (exact) mass is 477 g/mol. The third kappa shape index (κ3) is 5.62. The van der Waals surface area contributed by atoms with E-state index in [-0.39, 0.29) is 23.7 Å². The summed E-state index contributed by atoms with van der Waals surface area (Å²) in [6.07, 6.45) is -4.91. The second-order valence-corrected chi connectivity index (χ2v) is 7.19. The fourth-order valence-electron chi connectivity index (χ4n) is 2.99. The quantitative estimate of drug-likeness (QED) is 0.615. The maximum absolute atomic E-state index is 13.0. The number of rotatable bonds is 5. The Balaban J connectivity index is 0.00000280. The van der Waals surface area contributed by atoms with E-state index in [0.717, 1.165) is 41.9 Å². The van der Waals surface area contributed by atoms with Gasteiger partial charge in [0.15, 0.2) is 0 Å². The molecular formula is C19H20BrClF3N3O. The van der Waals surface area contributed by atoms with Crippen LogP contribution in [0.2, 0.25) is 0 Å². The molecule has 4 nitrogen and oxygen atoms in total. The number of halogens is 5. The second kappa shape index (κ2) is 9.62. The Morgan fingerprint density at radius 2 is 1.86 bits per heavy atom. The molecule has 0 bridgehead atoms. The molecule has 0 aliphatic carbocycles. The number of hydrogen-bond donors (Lipinski definition) is 2. The molecule has 2 N–H and O–H groups in total. The van der Waals surface area contributed by atoms with Crippen molar-refractivity contribution in [3.63, 3.8) is 0 Å². The molecule has 0 spiro atoms. The minimum atomic E-state index is -4.91. The number of benzene rings is 2. The highest BCUT2D eigenvalue weighted by Crippen LogP contribution is 2.30. The standard InChI is InChI=1S/C19H19BrF3N3O.ClH/c20-14-3-1-2-13(10-14)12-25-17-11-15(26-8-6-24-7-9-26)4-5-16(17)18(27)19(21,22)23;/h1-5,10-11,24-25H,6-9,12H2;1H. The van der Waals surface area contributed by atoms with Gasteiger partial charge in [-0.2, -0.15) is 13.2 Å². The Hall–Kier alpha value is -1.77. The topological polar surface area (TPSA) is 44.4 Å². The van der Waals surface area contributed by atoms with Crippen molar-refractivity contribution in [1.82, 2.24) is 5.32 Å². The molecule has 0 amide bonds. The van der Waals surface area contributed by atoms with Gasteiger partial charge in [0, 0.05) is 48.6 Å². The van der Waals surface area contributed by atoms with Crippen LogP contribution in [0.1, 0.15) is 15.9 Å². The van der Waals surface area contributed by atoms with Gasteiger partial charge in [-0.1, -0.05) is 28.1 Å². The zero-order chi connectivity index (χ0) is 19.4. The van der Waals surface area contributed by atoms with Crippen LogP contribution in [-0.4, -0.2) is 38.1 Å². The van der Waals surface area contributed by atoms with Crippen molar-refractivity contribution >= 4 is 45.5 Å². The Kier molecular flexibility index (Phi) is 7.74. The van der Waals surface area contributed by atoms with E-state index < -0.39 is 12.0 Å². The molecule has 1 heterocycles. The number of nitrogens with one attached hydrogen (secondary N) is 2. The predicted octanol–water partition coefficient (Wildman–Crippen LogP) is 4.64. The predicted molar refractivity (Wildman–Crippen MR) is 111 cm³/mol. The number of carbonyl (C=O) groups excluding carboxylic acids is 1. The first-order valence-corrected chi connectivity index (χ1v) is 9.33. The number of alkyl halides is 3. The molecule has 0 saturated carbocycles. The van der Waals surface area contributed by atoms with E-state index in [2.05, 4.69) is 31.5 Å². The number of anilines is 2. The van der Waals surface area contributed by atoms with Gasteiger partial charge in [0.05, 0.1) is 5.56 Å². The van der Waals surface area contributed by atoms with Gasteiger partial charge in [-0.3, -0.25) is 4.79 Å². The first-order chi connectivity index (χ1) is 12.8. The Bertz CT molecular complexity index is 826. The molecule has 2 aromatic rings. The van der Waals surface area contributed by atoms with Gasteiger partial charge in [0.1, 0.15) is 0 Å². The van der Waals surface area contributed by atoms with Gasteiger partial charge in [-0.15, -0.1) is 12.4 Å². The molecule has 3 rings (SSSR count). The van der Waals surface area contributed by atoms with Gasteiger partial charge >= 0.3 is 6.18 Å². The minimum absolute atomic E-state index is 0. The van der Waals surface area contributed by atoms with E-state index in [1.54, 1.807) is 12.1 Å². The first-order valence-electron chi connectivity index (χ1n) is 8.54. The average Bonchev–Trinajstić information content (AvgIpc) is 2.65. The van der Waals surface area contributed by atoms with Crippen molar-refractivity contribution in [2.45, 2.75) is 12.7 Å². The molecule has 1 saturated heterocycles. The molecule has 1 aliphatic rings. The van der Waals surface area contributed by atoms with Gasteiger partial charge in [-0.05, 0) is 35.9 Å². The summed E-state index contributed by atoms with van der Waals surface area (Å²) in [6, 6.07) is 11.9. The van der Waals surface area contributed by atoms with Crippen molar-refractivity contribution in [1.29, 1.82) is 0 Å². The number of hydrogen-bond acceptors (Lipinski definition) is 4. The lowest BCUT2D eigenvalue weighted by Gasteiger charge is -2.30. The molecule has 0 aromatic heterocycles. The summed E-state index contributed by atoms with van der Waals surface area (Å²) in [5.74, 6) is -1.84. The number of carbonyl (C=O) groups is 1. The van der Waals surface area contributed by atoms with Crippen LogP contribution in [0.25, 0.3) is 0 Å². The van der Waals surface area contributed by atoms with Gasteiger partial charge in [-0.25, -0.2) is 0 Å². The zero-order valence-electron chi connectivity index (χ0n) is 14.9. The molecule has 152 valence electrons. The highest BCUT2D eigenvalue weighted by Gasteiger charge is 2.40. The third-order valence-electron chi connectivity index (χ3n) is 4.36. The van der Waals surface area contributed by atoms with Crippen LogP contribution in [0.3, 0.4) is 0 Å². The molecule has 1 aliphatic heterocycles. The Labute approximate surface area is 176 Å². The van der Waals surface area contributed by atoms with Gasteiger partial charge in [0.25, 0.3) is 5.78 Å². The largest absolute Gasteiger partial charge is 0.454 e. The van der Waals surface area contributed by atoms with Crippen LogP contribution in [0.4, 0.5) is 24.5 Å². The normalized spacial score (nSPS) is 14.4. The summed E-state index contributed by atoms with van der Waals surface area (Å²) >= 11 is 3.37. The molecule has 2 aromatic carbocycles. The molecular weight excluding hydrogens is 459 g/mol. The van der Waals surface area contributed by atoms with E-state index in [1.165, 1.54) is 6.07 Å². The van der Waals surface area contributed by atoms with Crippen molar-refractivity contribution in [2.24, 2.45) is 0 Å². The summed E-state index contributed by atoms with van der Waals surface area (Å²) in [5, 5.41) is 6.24. The highest BCUT2D eigenvalue weighted by molar-refractivity contribution is 9.10. The van der Waals surface area contributed by atoms with Crippen molar-refractivity contribution in [3.8, 4) is 0 Å². The minimum Gasteiger partial charge on any atom is -0.380 e. The average molecular weight is 479 g/mol. The lowest BCUT2D eigenvalue weighted by Crippen LogP contribution is -2.43. The van der Waals surface area contributed by atoms with Crippen molar-refractivity contribution < 1.29 is 18.0 Å². The van der Waals surface area contributed by atoms with Crippen LogP contribution in [-0.2, 0) is 6.54 Å². The first kappa shape index (κ1) is 22.5. The van der Waals surface area contributed by atoms with E-state index in [0.29, 0.717) is 6.54 Å². The zero-order valence-corrected chi connectivity index (χ0v) is 17.3. The summed E-state index contributed by atoms with van der Waals surface area (Å²) in [6.45, 7) is 3.45. The summed E-state index contributed by atoms with van der Waals surface area (Å²) in [5.41, 5.74) is 1.51. The third-order valence-corrected chi connectivity index (χ3v) is 4.85. The van der Waals surface area contributed by atoms with Crippen LogP contribution in [0.5, 0.6) is 0 Å². The SMILES string of the molecule is Cl.O=C(c1ccc(N2CCNCC2)cc1NCc1cccc(Br)c1)C(F)(F)F. The lowest BCUT2D eigenvalue weighted by atomic mass is 10.1. The molecule has 0 radical (unpaired) electrons. The number of piperazine rings is 1. The lowest BCUT2D eigenvalue weighted by molar-refractivity contribution is -0.0884. The van der Waals surface area contributed by atoms with Crippen LogP contribution < -0.4 is 15.5 Å². The molecule has 0 unspecified atom stereocenters. The fraction of sp³-hybridized carbons (Fsp3) is 0.316. The van der Waals surface area contributed by atoms with Gasteiger partial charge in [0.2, 0.25) is 0 Å². The van der Waals surface area contributed by atoms with Crippen LogP contribution >= 0.6 is 28.3 Å². The second-order valence-electron chi connectivity index (χ2n) is 6.28. The highest BCUT2D eigenvalue weighted by atomic mass is 79.9. The molecule has 9 heteroatoms. The molecule has 0 atom stereocenters. The van der Waals surface area contributed by atoms with Crippen LogP contribution in [0, 0.1) is 0 Å². The van der Waals surface area contributed by atoms with E-state index in [1.807, 2.05) is 24.3 Å². The number of Topliss-reactive ketones (excluding diaryl/α,β-unsaturated/α-hetero) is 1. The number of ketones is 1. The molecule has 28 heavy (non-hydrogen) atoms. The van der Waals surface area contributed by atoms with E-state index in [4.69, 9.17) is 0 Å². The summed E-state index contributed by atoms with van der Waals surface area (Å²) in [7, 11) is 0. The van der Waals surface area contributed by atoms with Crippen molar-refractivity contribution in [2.75, 3.05) is 36.4 Å². The van der Waals surface area contributed by atoms with Crippen LogP contribution in [0.15, 0.2) is 46.9 Å². The van der Waals surface area contributed by atoms with Crippen molar-refractivity contribution in [3.05, 3.63) is 58.1 Å². The van der Waals surface area contributed by atoms with E-state index >= 15 is 0 Å². The number of nitrogens with zero attached hydrogens (tertiary/aromatic N) is 1.